The summed E-state index contributed by atoms with van der Waals surface area (Å²) in [5.41, 5.74) is 2.25. The molecule has 1 heterocycles. The maximum atomic E-state index is 12.0. The third-order valence-electron chi connectivity index (χ3n) is 5.83. The molecule has 2 N–H and O–H groups in total. The molecule has 4 rings (SSSR count). The Hall–Kier alpha value is -1.78. The first kappa shape index (κ1) is 12.9. The lowest BCUT2D eigenvalue weighted by Crippen LogP contribution is -2.41. The number of hydrogen-bond donors (Lipinski definition) is 2. The Labute approximate surface area is 124 Å². The highest BCUT2D eigenvalue weighted by Crippen LogP contribution is 2.84. The molecular weight excluding hydrogens is 266 g/mol. The van der Waals surface area contributed by atoms with Crippen LogP contribution in [0, 0.1) is 10.8 Å². The number of nitrogens with zero attached hydrogens (tertiary/aromatic N) is 1. The Bertz CT molecular complexity index is 573. The average molecular weight is 287 g/mol. The highest BCUT2D eigenvalue weighted by atomic mass is 16.5. The molecule has 21 heavy (non-hydrogen) atoms. The van der Waals surface area contributed by atoms with Gasteiger partial charge in [0.15, 0.2) is 0 Å². The molecule has 0 bridgehead atoms. The van der Waals surface area contributed by atoms with Crippen LogP contribution in [0.15, 0.2) is 18.3 Å². The van der Waals surface area contributed by atoms with Crippen LogP contribution in [-0.2, 0) is 6.54 Å². The van der Waals surface area contributed by atoms with Crippen LogP contribution >= 0.6 is 0 Å². The van der Waals surface area contributed by atoms with Crippen LogP contribution < -0.4 is 15.4 Å². The van der Waals surface area contributed by atoms with Crippen LogP contribution in [0.25, 0.3) is 0 Å². The van der Waals surface area contributed by atoms with E-state index in [-0.39, 0.29) is 6.03 Å². The zero-order valence-electron chi connectivity index (χ0n) is 12.3. The van der Waals surface area contributed by atoms with E-state index in [1.807, 2.05) is 12.1 Å². The molecule has 0 saturated heterocycles. The number of carbonyl (C=O) groups is 1. The fraction of sp³-hybridized carbons (Fsp3) is 0.625. The summed E-state index contributed by atoms with van der Waals surface area (Å²) in [7, 11) is 1.59. The van der Waals surface area contributed by atoms with E-state index in [4.69, 9.17) is 4.74 Å². The van der Waals surface area contributed by atoms with E-state index in [1.165, 1.54) is 32.1 Å². The van der Waals surface area contributed by atoms with Crippen molar-refractivity contribution in [1.82, 2.24) is 15.6 Å². The monoisotopic (exact) mass is 287 g/mol. The maximum Gasteiger partial charge on any atom is 0.315 e. The predicted octanol–water partition coefficient (Wildman–Crippen LogP) is 2.22. The minimum Gasteiger partial charge on any atom is -0.481 e. The number of ether oxygens (including phenoxy) is 1. The van der Waals surface area contributed by atoms with Gasteiger partial charge in [0.25, 0.3) is 0 Å². The van der Waals surface area contributed by atoms with Crippen molar-refractivity contribution in [2.45, 2.75) is 44.7 Å². The molecular formula is C16H21N3O2. The van der Waals surface area contributed by atoms with Crippen molar-refractivity contribution >= 4 is 6.03 Å². The van der Waals surface area contributed by atoms with E-state index in [0.29, 0.717) is 29.3 Å². The van der Waals surface area contributed by atoms with Gasteiger partial charge in [0.1, 0.15) is 0 Å². The molecule has 1 unspecified atom stereocenters. The lowest BCUT2D eigenvalue weighted by Gasteiger charge is -2.28. The standard InChI is InChI=1S/C16H21N3O2/c1-21-13-6-11(2-5-17-13)9-18-14(20)19-12-7-15-3-4-16(15,8-12)10-15/h2,5-6,12H,3-4,7-10H2,1H3,(H2,18,19,20)/t12?,15-,16+. The molecule has 112 valence electrons. The molecule has 0 spiro atoms. The summed E-state index contributed by atoms with van der Waals surface area (Å²) in [5.74, 6) is 0.570. The van der Waals surface area contributed by atoms with E-state index in [2.05, 4.69) is 15.6 Å². The summed E-state index contributed by atoms with van der Waals surface area (Å²) in [5, 5.41) is 6.05. The summed E-state index contributed by atoms with van der Waals surface area (Å²) in [6.45, 7) is 0.494. The number of methoxy groups -OCH3 is 1. The minimum absolute atomic E-state index is 0.0655. The highest BCUT2D eigenvalue weighted by molar-refractivity contribution is 5.74. The van der Waals surface area contributed by atoms with E-state index in [1.54, 1.807) is 13.3 Å². The Kier molecular flexibility index (Phi) is 2.68. The van der Waals surface area contributed by atoms with Gasteiger partial charge in [-0.15, -0.1) is 0 Å². The third kappa shape index (κ3) is 1.98. The molecule has 0 aromatic carbocycles. The molecule has 0 radical (unpaired) electrons. The quantitative estimate of drug-likeness (QED) is 0.892. The number of nitrogens with one attached hydrogen (secondary N) is 2. The predicted molar refractivity (Wildman–Crippen MR) is 77.9 cm³/mol. The van der Waals surface area contributed by atoms with Gasteiger partial charge >= 0.3 is 6.03 Å². The van der Waals surface area contributed by atoms with Gasteiger partial charge in [-0.2, -0.15) is 0 Å². The van der Waals surface area contributed by atoms with Crippen molar-refractivity contribution in [2.75, 3.05) is 7.11 Å². The van der Waals surface area contributed by atoms with Crippen LogP contribution in [0.2, 0.25) is 0 Å². The van der Waals surface area contributed by atoms with Gasteiger partial charge in [-0.05, 0) is 54.6 Å². The summed E-state index contributed by atoms with van der Waals surface area (Å²) in [4.78, 5) is 16.1. The molecule has 5 heteroatoms. The largest absolute Gasteiger partial charge is 0.481 e. The Morgan fingerprint density at radius 1 is 1.43 bits per heavy atom. The van der Waals surface area contributed by atoms with E-state index >= 15 is 0 Å². The van der Waals surface area contributed by atoms with Crippen molar-refractivity contribution in [3.63, 3.8) is 0 Å². The maximum absolute atomic E-state index is 12.0. The fourth-order valence-electron chi connectivity index (χ4n) is 4.60. The number of urea groups is 1. The zero-order valence-corrected chi connectivity index (χ0v) is 12.3. The van der Waals surface area contributed by atoms with Crippen molar-refractivity contribution in [2.24, 2.45) is 10.8 Å². The number of pyridine rings is 1. The Morgan fingerprint density at radius 2 is 2.19 bits per heavy atom. The van der Waals surface area contributed by atoms with Gasteiger partial charge in [0, 0.05) is 24.8 Å². The highest BCUT2D eigenvalue weighted by Gasteiger charge is 2.77. The first-order valence-electron chi connectivity index (χ1n) is 7.68. The van der Waals surface area contributed by atoms with Gasteiger partial charge in [-0.25, -0.2) is 9.78 Å². The van der Waals surface area contributed by atoms with Crippen LogP contribution in [-0.4, -0.2) is 24.2 Å². The molecule has 3 aliphatic rings. The van der Waals surface area contributed by atoms with E-state index in [0.717, 1.165) is 5.56 Å². The normalized spacial score (nSPS) is 35.2. The lowest BCUT2D eigenvalue weighted by atomic mass is 9.77. The van der Waals surface area contributed by atoms with Crippen molar-refractivity contribution in [3.8, 4) is 5.88 Å². The SMILES string of the molecule is COc1cc(CNC(=O)NC2C[C@]34CC[C@@]3(C2)C4)ccn1. The van der Waals surface area contributed by atoms with Crippen LogP contribution in [0.5, 0.6) is 5.88 Å². The zero-order chi connectivity index (χ0) is 14.5. The van der Waals surface area contributed by atoms with Gasteiger partial charge in [-0.3, -0.25) is 0 Å². The van der Waals surface area contributed by atoms with Gasteiger partial charge in [-0.1, -0.05) is 0 Å². The summed E-state index contributed by atoms with van der Waals surface area (Å²) >= 11 is 0. The smallest absolute Gasteiger partial charge is 0.315 e. The number of hydrogen-bond acceptors (Lipinski definition) is 3. The van der Waals surface area contributed by atoms with E-state index < -0.39 is 0 Å². The molecule has 1 aromatic heterocycles. The van der Waals surface area contributed by atoms with E-state index in [9.17, 15) is 4.79 Å². The van der Waals surface area contributed by atoms with Crippen molar-refractivity contribution < 1.29 is 9.53 Å². The molecule has 5 nitrogen and oxygen atoms in total. The number of aromatic nitrogens is 1. The molecule has 3 aliphatic carbocycles. The first-order valence-corrected chi connectivity index (χ1v) is 7.68. The molecule has 3 atom stereocenters. The van der Waals surface area contributed by atoms with Crippen LogP contribution in [0.1, 0.15) is 37.7 Å². The van der Waals surface area contributed by atoms with Crippen molar-refractivity contribution in [3.05, 3.63) is 23.9 Å². The van der Waals surface area contributed by atoms with Crippen LogP contribution in [0.3, 0.4) is 0 Å². The average Bonchev–Trinajstić information content (AvgIpc) is 2.85. The number of amides is 2. The Morgan fingerprint density at radius 3 is 2.86 bits per heavy atom. The second-order valence-corrected chi connectivity index (χ2v) is 6.88. The van der Waals surface area contributed by atoms with Gasteiger partial charge < -0.3 is 15.4 Å². The topological polar surface area (TPSA) is 63.2 Å². The molecule has 2 amide bonds. The lowest BCUT2D eigenvalue weighted by molar-refractivity contribution is 0.219. The molecule has 0 aliphatic heterocycles. The van der Waals surface area contributed by atoms with Crippen molar-refractivity contribution in [1.29, 1.82) is 0 Å². The number of rotatable bonds is 4. The number of carbonyl (C=O) groups excluding carboxylic acids is 1. The van der Waals surface area contributed by atoms with Gasteiger partial charge in [0.2, 0.25) is 5.88 Å². The summed E-state index contributed by atoms with van der Waals surface area (Å²) < 4.78 is 5.08. The Balaban J connectivity index is 1.27. The first-order chi connectivity index (χ1) is 10.1. The van der Waals surface area contributed by atoms with Gasteiger partial charge in [0.05, 0.1) is 7.11 Å². The minimum atomic E-state index is -0.0655. The summed E-state index contributed by atoms with van der Waals surface area (Å²) in [6, 6.07) is 4.02. The fourth-order valence-corrected chi connectivity index (χ4v) is 4.60. The molecule has 3 saturated carbocycles. The summed E-state index contributed by atoms with van der Waals surface area (Å²) in [6.07, 6.45) is 8.23. The second-order valence-electron chi connectivity index (χ2n) is 6.88. The van der Waals surface area contributed by atoms with Crippen LogP contribution in [0.4, 0.5) is 4.79 Å². The third-order valence-corrected chi connectivity index (χ3v) is 5.83. The molecule has 3 fully saturated rings. The second kappa shape index (κ2) is 4.36. The molecule has 1 aromatic rings.